The van der Waals surface area contributed by atoms with Crippen molar-refractivity contribution in [2.45, 2.75) is 39.2 Å². The van der Waals surface area contributed by atoms with Crippen LogP contribution in [-0.2, 0) is 0 Å². The van der Waals surface area contributed by atoms with Gasteiger partial charge in [-0.05, 0) is 38.3 Å². The molecule has 1 heterocycles. The van der Waals surface area contributed by atoms with Crippen LogP contribution in [0.2, 0.25) is 0 Å². The fourth-order valence-electron chi connectivity index (χ4n) is 1.43. The van der Waals surface area contributed by atoms with E-state index in [1.807, 2.05) is 25.3 Å². The molecule has 0 saturated heterocycles. The van der Waals surface area contributed by atoms with Crippen molar-refractivity contribution in [2.75, 3.05) is 11.9 Å². The minimum absolute atomic E-state index is 0.0724. The molecule has 0 fully saturated rings. The van der Waals surface area contributed by atoms with E-state index in [0.717, 1.165) is 24.2 Å². The molecule has 3 heteroatoms. The molecule has 0 saturated carbocycles. The highest BCUT2D eigenvalue weighted by molar-refractivity contribution is 5.38. The maximum absolute atomic E-state index is 8.99. The van der Waals surface area contributed by atoms with E-state index in [0.29, 0.717) is 0 Å². The summed E-state index contributed by atoms with van der Waals surface area (Å²) in [4.78, 5) is 4.30. The van der Waals surface area contributed by atoms with Gasteiger partial charge in [0.2, 0.25) is 0 Å². The van der Waals surface area contributed by atoms with Gasteiger partial charge in [-0.15, -0.1) is 0 Å². The van der Waals surface area contributed by atoms with Crippen LogP contribution in [0.3, 0.4) is 0 Å². The van der Waals surface area contributed by atoms with Crippen molar-refractivity contribution in [3.8, 4) is 0 Å². The summed E-state index contributed by atoms with van der Waals surface area (Å²) >= 11 is 0. The molecule has 0 spiro atoms. The van der Waals surface area contributed by atoms with E-state index < -0.39 is 0 Å². The van der Waals surface area contributed by atoms with Crippen molar-refractivity contribution in [1.29, 1.82) is 0 Å². The average Bonchev–Trinajstić information content (AvgIpc) is 2.22. The van der Waals surface area contributed by atoms with Crippen LogP contribution in [0.4, 0.5) is 5.82 Å². The number of aliphatic hydroxyl groups is 1. The van der Waals surface area contributed by atoms with E-state index in [-0.39, 0.29) is 12.1 Å². The van der Waals surface area contributed by atoms with Gasteiger partial charge in [0, 0.05) is 18.3 Å². The second-order valence-electron chi connectivity index (χ2n) is 4.23. The lowest BCUT2D eigenvalue weighted by molar-refractivity contribution is 0.252. The molecule has 1 aromatic heterocycles. The van der Waals surface area contributed by atoms with Crippen molar-refractivity contribution in [1.82, 2.24) is 4.98 Å². The van der Waals surface area contributed by atoms with E-state index in [4.69, 9.17) is 5.11 Å². The Morgan fingerprint density at radius 1 is 1.47 bits per heavy atom. The zero-order chi connectivity index (χ0) is 11.3. The molecular formula is C12H20N2O. The molecule has 0 radical (unpaired) electrons. The summed E-state index contributed by atoms with van der Waals surface area (Å²) in [5, 5.41) is 12.4. The quantitative estimate of drug-likeness (QED) is 0.780. The smallest absolute Gasteiger partial charge is 0.126 e. The summed E-state index contributed by atoms with van der Waals surface area (Å²) in [6.07, 6.45) is 3.54. The fraction of sp³-hybridized carbons (Fsp3) is 0.583. The maximum Gasteiger partial charge on any atom is 0.126 e. The lowest BCUT2D eigenvalue weighted by Gasteiger charge is -2.29. The van der Waals surface area contributed by atoms with Gasteiger partial charge in [0.1, 0.15) is 5.82 Å². The van der Waals surface area contributed by atoms with Crippen LogP contribution >= 0.6 is 0 Å². The van der Waals surface area contributed by atoms with Gasteiger partial charge < -0.3 is 10.4 Å². The number of hydrogen-bond donors (Lipinski definition) is 2. The minimum Gasteiger partial charge on any atom is -0.396 e. The molecule has 0 aliphatic rings. The Labute approximate surface area is 91.5 Å². The van der Waals surface area contributed by atoms with Gasteiger partial charge in [0.05, 0.1) is 0 Å². The molecule has 84 valence electrons. The SMILES string of the molecule is CCC(C)(CCO)Nc1ccc(C)cn1. The summed E-state index contributed by atoms with van der Waals surface area (Å²) in [6.45, 7) is 6.42. The number of rotatable bonds is 5. The third kappa shape index (κ3) is 3.51. The predicted molar refractivity (Wildman–Crippen MR) is 63.0 cm³/mol. The monoisotopic (exact) mass is 208 g/mol. The molecule has 0 aliphatic heterocycles. The highest BCUT2D eigenvalue weighted by atomic mass is 16.3. The molecule has 0 amide bonds. The van der Waals surface area contributed by atoms with Crippen LogP contribution in [-0.4, -0.2) is 22.2 Å². The number of aromatic nitrogens is 1. The van der Waals surface area contributed by atoms with E-state index in [2.05, 4.69) is 24.1 Å². The lowest BCUT2D eigenvalue weighted by atomic mass is 9.95. The van der Waals surface area contributed by atoms with Gasteiger partial charge in [-0.3, -0.25) is 0 Å². The number of pyridine rings is 1. The molecule has 0 aliphatic carbocycles. The Hall–Kier alpha value is -1.09. The van der Waals surface area contributed by atoms with Crippen LogP contribution in [0.5, 0.6) is 0 Å². The molecule has 1 rings (SSSR count). The standard InChI is InChI=1S/C12H20N2O/c1-4-12(3,7-8-15)14-11-6-5-10(2)9-13-11/h5-6,9,15H,4,7-8H2,1-3H3,(H,13,14). The van der Waals surface area contributed by atoms with Gasteiger partial charge in [-0.25, -0.2) is 4.98 Å². The van der Waals surface area contributed by atoms with Crippen molar-refractivity contribution < 1.29 is 5.11 Å². The summed E-state index contributed by atoms with van der Waals surface area (Å²) < 4.78 is 0. The predicted octanol–water partition coefficient (Wildman–Crippen LogP) is 2.35. The van der Waals surface area contributed by atoms with Gasteiger partial charge >= 0.3 is 0 Å². The topological polar surface area (TPSA) is 45.1 Å². The molecule has 2 N–H and O–H groups in total. The van der Waals surface area contributed by atoms with E-state index >= 15 is 0 Å². The molecule has 15 heavy (non-hydrogen) atoms. The minimum atomic E-state index is -0.0724. The molecule has 1 atom stereocenters. The molecule has 3 nitrogen and oxygen atoms in total. The molecule has 0 aromatic carbocycles. The van der Waals surface area contributed by atoms with E-state index in [1.165, 1.54) is 0 Å². The maximum atomic E-state index is 8.99. The fourth-order valence-corrected chi connectivity index (χ4v) is 1.43. The molecular weight excluding hydrogens is 188 g/mol. The van der Waals surface area contributed by atoms with Crippen LogP contribution in [0.25, 0.3) is 0 Å². The van der Waals surface area contributed by atoms with E-state index in [1.54, 1.807) is 0 Å². The molecule has 0 bridgehead atoms. The first kappa shape index (κ1) is 12.0. The van der Waals surface area contributed by atoms with Crippen LogP contribution in [0.15, 0.2) is 18.3 Å². The van der Waals surface area contributed by atoms with Crippen LogP contribution in [0.1, 0.15) is 32.3 Å². The second kappa shape index (κ2) is 5.12. The van der Waals surface area contributed by atoms with Crippen molar-refractivity contribution in [2.24, 2.45) is 0 Å². The van der Waals surface area contributed by atoms with Crippen LogP contribution < -0.4 is 5.32 Å². The van der Waals surface area contributed by atoms with Crippen molar-refractivity contribution in [3.63, 3.8) is 0 Å². The first-order valence-corrected chi connectivity index (χ1v) is 5.41. The first-order valence-electron chi connectivity index (χ1n) is 5.41. The lowest BCUT2D eigenvalue weighted by Crippen LogP contribution is -2.35. The van der Waals surface area contributed by atoms with Crippen molar-refractivity contribution >= 4 is 5.82 Å². The van der Waals surface area contributed by atoms with E-state index in [9.17, 15) is 0 Å². The summed E-state index contributed by atoms with van der Waals surface area (Å²) in [5.41, 5.74) is 1.08. The highest BCUT2D eigenvalue weighted by Crippen LogP contribution is 2.20. The number of nitrogens with zero attached hydrogens (tertiary/aromatic N) is 1. The van der Waals surface area contributed by atoms with Crippen molar-refractivity contribution in [3.05, 3.63) is 23.9 Å². The number of anilines is 1. The zero-order valence-electron chi connectivity index (χ0n) is 9.75. The normalized spacial score (nSPS) is 14.7. The zero-order valence-corrected chi connectivity index (χ0v) is 9.75. The third-order valence-electron chi connectivity index (χ3n) is 2.79. The summed E-state index contributed by atoms with van der Waals surface area (Å²) in [6, 6.07) is 4.00. The Morgan fingerprint density at radius 2 is 2.20 bits per heavy atom. The highest BCUT2D eigenvalue weighted by Gasteiger charge is 2.21. The number of nitrogens with one attached hydrogen (secondary N) is 1. The van der Waals surface area contributed by atoms with Gasteiger partial charge in [-0.2, -0.15) is 0 Å². The average molecular weight is 208 g/mol. The number of aliphatic hydroxyl groups excluding tert-OH is 1. The third-order valence-corrected chi connectivity index (χ3v) is 2.79. The molecule has 1 unspecified atom stereocenters. The Morgan fingerprint density at radius 3 is 2.67 bits per heavy atom. The van der Waals surface area contributed by atoms with Gasteiger partial charge in [0.15, 0.2) is 0 Å². The number of aryl methyl sites for hydroxylation is 1. The van der Waals surface area contributed by atoms with Crippen LogP contribution in [0, 0.1) is 6.92 Å². The summed E-state index contributed by atoms with van der Waals surface area (Å²) in [7, 11) is 0. The molecule has 1 aromatic rings. The Kier molecular flexibility index (Phi) is 4.09. The Bertz CT molecular complexity index is 297. The Balaban J connectivity index is 2.70. The second-order valence-corrected chi connectivity index (χ2v) is 4.23. The number of hydrogen-bond acceptors (Lipinski definition) is 3. The largest absolute Gasteiger partial charge is 0.396 e. The van der Waals surface area contributed by atoms with Gasteiger partial charge in [0.25, 0.3) is 0 Å². The first-order chi connectivity index (χ1) is 7.09. The van der Waals surface area contributed by atoms with Gasteiger partial charge in [-0.1, -0.05) is 13.0 Å². The summed E-state index contributed by atoms with van der Waals surface area (Å²) in [5.74, 6) is 0.874.